The molecule has 0 atom stereocenters. The highest BCUT2D eigenvalue weighted by molar-refractivity contribution is 6.35. The summed E-state index contributed by atoms with van der Waals surface area (Å²) in [5, 5.41) is 0. The minimum absolute atomic E-state index is 0.140. The summed E-state index contributed by atoms with van der Waals surface area (Å²) in [5.41, 5.74) is 0.953. The SMILES string of the molecule is C=C(C)C1OCBCO1. The fourth-order valence-corrected chi connectivity index (χ4v) is 0.772. The molecule has 2 nitrogen and oxygen atoms in total. The Bertz CT molecular complexity index is 108. The molecule has 0 saturated carbocycles. The summed E-state index contributed by atoms with van der Waals surface area (Å²) in [6, 6.07) is 0. The number of hydrogen-bond donors (Lipinski definition) is 0. The highest BCUT2D eigenvalue weighted by Gasteiger charge is 2.14. The maximum Gasteiger partial charge on any atom is 0.185 e. The third-order valence-electron chi connectivity index (χ3n) is 1.23. The van der Waals surface area contributed by atoms with E-state index in [1.807, 2.05) is 6.92 Å². The first-order chi connectivity index (χ1) is 4.30. The first-order valence-electron chi connectivity index (χ1n) is 3.19. The zero-order valence-electron chi connectivity index (χ0n) is 5.72. The van der Waals surface area contributed by atoms with Gasteiger partial charge in [-0.1, -0.05) is 6.58 Å². The number of rotatable bonds is 1. The maximum absolute atomic E-state index is 5.22. The number of ether oxygens (including phenoxy) is 2. The molecule has 9 heavy (non-hydrogen) atoms. The van der Waals surface area contributed by atoms with Crippen molar-refractivity contribution in [3.05, 3.63) is 12.2 Å². The van der Waals surface area contributed by atoms with Crippen LogP contribution in [0.5, 0.6) is 0 Å². The van der Waals surface area contributed by atoms with Gasteiger partial charge in [0.05, 0.1) is 0 Å². The summed E-state index contributed by atoms with van der Waals surface area (Å²) < 4.78 is 10.4. The highest BCUT2D eigenvalue weighted by atomic mass is 16.7. The van der Waals surface area contributed by atoms with Gasteiger partial charge in [0.2, 0.25) is 0 Å². The molecule has 1 fully saturated rings. The topological polar surface area (TPSA) is 18.5 Å². The lowest BCUT2D eigenvalue weighted by molar-refractivity contribution is -0.106. The Morgan fingerprint density at radius 2 is 2.11 bits per heavy atom. The molecule has 0 aromatic heterocycles. The van der Waals surface area contributed by atoms with Crippen LogP contribution in [0, 0.1) is 0 Å². The van der Waals surface area contributed by atoms with E-state index in [0.29, 0.717) is 0 Å². The molecule has 1 aliphatic rings. The third-order valence-corrected chi connectivity index (χ3v) is 1.23. The van der Waals surface area contributed by atoms with Crippen LogP contribution >= 0.6 is 0 Å². The molecular weight excluding hydrogens is 115 g/mol. The van der Waals surface area contributed by atoms with Crippen molar-refractivity contribution in [2.45, 2.75) is 13.2 Å². The van der Waals surface area contributed by atoms with Crippen LogP contribution < -0.4 is 0 Å². The first kappa shape index (κ1) is 6.84. The van der Waals surface area contributed by atoms with Gasteiger partial charge in [0.15, 0.2) is 13.6 Å². The quantitative estimate of drug-likeness (QED) is 0.371. The summed E-state index contributed by atoms with van der Waals surface area (Å²) in [7, 11) is 1.00. The van der Waals surface area contributed by atoms with E-state index in [0.717, 1.165) is 25.9 Å². The van der Waals surface area contributed by atoms with E-state index in [1.54, 1.807) is 0 Å². The molecule has 1 heterocycles. The molecule has 0 amide bonds. The lowest BCUT2D eigenvalue weighted by Gasteiger charge is -2.22. The van der Waals surface area contributed by atoms with Gasteiger partial charge in [-0.3, -0.25) is 0 Å². The van der Waals surface area contributed by atoms with Crippen LogP contribution in [-0.2, 0) is 9.47 Å². The highest BCUT2D eigenvalue weighted by Crippen LogP contribution is 2.07. The van der Waals surface area contributed by atoms with Crippen molar-refractivity contribution in [2.75, 3.05) is 13.0 Å². The third kappa shape index (κ3) is 1.84. The molecule has 0 radical (unpaired) electrons. The van der Waals surface area contributed by atoms with Crippen LogP contribution in [0.1, 0.15) is 6.92 Å². The lowest BCUT2D eigenvalue weighted by Crippen LogP contribution is -2.30. The molecule has 1 saturated heterocycles. The van der Waals surface area contributed by atoms with Gasteiger partial charge in [0.1, 0.15) is 0 Å². The maximum atomic E-state index is 5.22. The van der Waals surface area contributed by atoms with Crippen LogP contribution in [0.2, 0.25) is 0 Å². The van der Waals surface area contributed by atoms with Crippen molar-refractivity contribution in [2.24, 2.45) is 0 Å². The fraction of sp³-hybridized carbons (Fsp3) is 0.667. The predicted molar refractivity (Wildman–Crippen MR) is 37.7 cm³/mol. The van der Waals surface area contributed by atoms with Gasteiger partial charge < -0.3 is 9.47 Å². The molecule has 0 spiro atoms. The van der Waals surface area contributed by atoms with Crippen molar-refractivity contribution in [1.29, 1.82) is 0 Å². The number of hydrogen-bond acceptors (Lipinski definition) is 2. The largest absolute Gasteiger partial charge is 0.357 e. The van der Waals surface area contributed by atoms with Crippen molar-refractivity contribution in [1.82, 2.24) is 0 Å². The van der Waals surface area contributed by atoms with Crippen LogP contribution in [0.4, 0.5) is 0 Å². The predicted octanol–water partition coefficient (Wildman–Crippen LogP) is 0.287. The average molecular weight is 126 g/mol. The molecule has 0 unspecified atom stereocenters. The van der Waals surface area contributed by atoms with Gasteiger partial charge in [0, 0.05) is 13.0 Å². The van der Waals surface area contributed by atoms with Gasteiger partial charge in [-0.15, -0.1) is 0 Å². The molecule has 50 valence electrons. The van der Waals surface area contributed by atoms with E-state index in [1.165, 1.54) is 0 Å². The van der Waals surface area contributed by atoms with Crippen molar-refractivity contribution < 1.29 is 9.47 Å². The molecule has 0 aliphatic carbocycles. The molecule has 1 aliphatic heterocycles. The van der Waals surface area contributed by atoms with Crippen LogP contribution in [0.25, 0.3) is 0 Å². The molecule has 0 N–H and O–H groups in total. The standard InChI is InChI=1S/C6H11BO2/c1-5(2)6-8-3-7-4-9-6/h6-7H,1,3-4H2,2H3. The molecule has 0 aromatic carbocycles. The Balaban J connectivity index is 2.31. The second kappa shape index (κ2) is 3.04. The van der Waals surface area contributed by atoms with Gasteiger partial charge in [0.25, 0.3) is 0 Å². The molecule has 0 bridgehead atoms. The van der Waals surface area contributed by atoms with Crippen LogP contribution in [0.15, 0.2) is 12.2 Å². The summed E-state index contributed by atoms with van der Waals surface area (Å²) in [5.74, 6) is 0. The van der Waals surface area contributed by atoms with E-state index in [2.05, 4.69) is 6.58 Å². The van der Waals surface area contributed by atoms with E-state index >= 15 is 0 Å². The summed E-state index contributed by atoms with van der Waals surface area (Å²) in [6.45, 7) is 7.25. The molecule has 3 heteroatoms. The Labute approximate surface area is 56.1 Å². The zero-order chi connectivity index (χ0) is 6.69. The Kier molecular flexibility index (Phi) is 2.31. The monoisotopic (exact) mass is 126 g/mol. The van der Waals surface area contributed by atoms with E-state index in [4.69, 9.17) is 9.47 Å². The van der Waals surface area contributed by atoms with Gasteiger partial charge >= 0.3 is 0 Å². The van der Waals surface area contributed by atoms with Crippen LogP contribution in [0.3, 0.4) is 0 Å². The second-order valence-corrected chi connectivity index (χ2v) is 2.27. The second-order valence-electron chi connectivity index (χ2n) is 2.27. The lowest BCUT2D eigenvalue weighted by atomic mass is 9.81. The summed E-state index contributed by atoms with van der Waals surface area (Å²) in [4.78, 5) is 0. The van der Waals surface area contributed by atoms with Crippen molar-refractivity contribution in [3.8, 4) is 0 Å². The van der Waals surface area contributed by atoms with Gasteiger partial charge in [-0.2, -0.15) is 0 Å². The normalized spacial score (nSPS) is 21.0. The Morgan fingerprint density at radius 1 is 1.56 bits per heavy atom. The first-order valence-corrected chi connectivity index (χ1v) is 3.19. The minimum Gasteiger partial charge on any atom is -0.357 e. The molecule has 0 aromatic rings. The van der Waals surface area contributed by atoms with E-state index < -0.39 is 0 Å². The van der Waals surface area contributed by atoms with E-state index in [9.17, 15) is 0 Å². The average Bonchev–Trinajstić information content (AvgIpc) is 1.90. The van der Waals surface area contributed by atoms with Crippen molar-refractivity contribution in [3.63, 3.8) is 0 Å². The molecule has 1 rings (SSSR count). The van der Waals surface area contributed by atoms with E-state index in [-0.39, 0.29) is 6.29 Å². The van der Waals surface area contributed by atoms with Crippen LogP contribution in [-0.4, -0.2) is 26.6 Å². The Hall–Kier alpha value is -0.275. The zero-order valence-corrected chi connectivity index (χ0v) is 5.72. The summed E-state index contributed by atoms with van der Waals surface area (Å²) in [6.07, 6.45) is -0.140. The summed E-state index contributed by atoms with van der Waals surface area (Å²) >= 11 is 0. The smallest absolute Gasteiger partial charge is 0.185 e. The minimum atomic E-state index is -0.140. The van der Waals surface area contributed by atoms with Crippen molar-refractivity contribution >= 4 is 7.28 Å². The fourth-order valence-electron chi connectivity index (χ4n) is 0.772. The Morgan fingerprint density at radius 3 is 2.44 bits per heavy atom. The molecular formula is C6H11BO2. The van der Waals surface area contributed by atoms with Gasteiger partial charge in [-0.25, -0.2) is 0 Å². The van der Waals surface area contributed by atoms with Gasteiger partial charge in [-0.05, 0) is 12.5 Å².